The summed E-state index contributed by atoms with van der Waals surface area (Å²) in [6, 6.07) is 0. The molecule has 8 unspecified atom stereocenters. The topological polar surface area (TPSA) is 63.3 Å². The second-order valence-corrected chi connectivity index (χ2v) is 10.8. The van der Waals surface area contributed by atoms with Gasteiger partial charge in [-0.3, -0.25) is 4.79 Å². The lowest BCUT2D eigenvalue weighted by atomic mass is 9.49. The molecule has 0 spiro atoms. The smallest absolute Gasteiger partial charge is 0.266 e. The van der Waals surface area contributed by atoms with Crippen LogP contribution >= 0.6 is 0 Å². The number of ketones is 1. The van der Waals surface area contributed by atoms with E-state index in [-0.39, 0.29) is 42.3 Å². The van der Waals surface area contributed by atoms with Gasteiger partial charge in [0.15, 0.2) is 0 Å². The molecule has 0 radical (unpaired) electrons. The largest absolute Gasteiger partial charge is 0.449 e. The van der Waals surface area contributed by atoms with Gasteiger partial charge in [0.25, 0.3) is 6.43 Å². The third-order valence-corrected chi connectivity index (χ3v) is 9.65. The molecule has 4 aliphatic rings. The maximum Gasteiger partial charge on any atom is 0.266 e. The molecule has 0 amide bonds. The SMILES string of the molecule is CC12CCC3C4CCC(O)(C(F)F)CC4CCC3C1CCC2C(=O)Cc1ncco1. The Morgan fingerprint density at radius 1 is 1.17 bits per heavy atom. The zero-order chi connectivity index (χ0) is 21.1. The van der Waals surface area contributed by atoms with E-state index in [0.717, 1.165) is 44.9 Å². The highest BCUT2D eigenvalue weighted by Crippen LogP contribution is 2.65. The van der Waals surface area contributed by atoms with Crippen LogP contribution in [-0.4, -0.2) is 27.9 Å². The first-order chi connectivity index (χ1) is 14.3. The van der Waals surface area contributed by atoms with Crippen molar-refractivity contribution in [3.05, 3.63) is 18.4 Å². The third-order valence-electron chi connectivity index (χ3n) is 9.65. The van der Waals surface area contributed by atoms with Crippen molar-refractivity contribution in [1.29, 1.82) is 0 Å². The van der Waals surface area contributed by atoms with Crippen LogP contribution in [0.1, 0.15) is 70.6 Å². The molecule has 0 bridgehead atoms. The van der Waals surface area contributed by atoms with E-state index in [1.54, 1.807) is 6.20 Å². The first-order valence-electron chi connectivity index (χ1n) is 11.7. The number of Topliss-reactive ketones (excluding diaryl/α,β-unsaturated/α-hetero) is 1. The van der Waals surface area contributed by atoms with Crippen LogP contribution in [0.5, 0.6) is 0 Å². The molecule has 0 saturated heterocycles. The van der Waals surface area contributed by atoms with Crippen LogP contribution in [0.2, 0.25) is 0 Å². The third kappa shape index (κ3) is 3.16. The van der Waals surface area contributed by atoms with E-state index >= 15 is 0 Å². The molecule has 166 valence electrons. The minimum absolute atomic E-state index is 0.0378. The number of aromatic nitrogens is 1. The fraction of sp³-hybridized carbons (Fsp3) is 0.833. The number of hydrogen-bond donors (Lipinski definition) is 1. The molecule has 8 atom stereocenters. The Labute approximate surface area is 176 Å². The van der Waals surface area contributed by atoms with Crippen molar-refractivity contribution in [2.24, 2.45) is 40.9 Å². The molecule has 4 nitrogen and oxygen atoms in total. The second-order valence-electron chi connectivity index (χ2n) is 10.8. The molecule has 1 heterocycles. The van der Waals surface area contributed by atoms with Crippen LogP contribution in [0.3, 0.4) is 0 Å². The molecule has 30 heavy (non-hydrogen) atoms. The van der Waals surface area contributed by atoms with Crippen molar-refractivity contribution in [2.45, 2.75) is 83.2 Å². The van der Waals surface area contributed by atoms with Gasteiger partial charge in [0.2, 0.25) is 5.89 Å². The van der Waals surface area contributed by atoms with Crippen molar-refractivity contribution in [1.82, 2.24) is 4.98 Å². The molecule has 6 heteroatoms. The summed E-state index contributed by atoms with van der Waals surface area (Å²) >= 11 is 0. The first kappa shape index (κ1) is 20.6. The molecule has 4 fully saturated rings. The van der Waals surface area contributed by atoms with Gasteiger partial charge in [0, 0.05) is 5.92 Å². The van der Waals surface area contributed by atoms with Crippen molar-refractivity contribution in [2.75, 3.05) is 0 Å². The van der Waals surface area contributed by atoms with Gasteiger partial charge in [-0.15, -0.1) is 0 Å². The van der Waals surface area contributed by atoms with E-state index in [4.69, 9.17) is 4.42 Å². The summed E-state index contributed by atoms with van der Waals surface area (Å²) in [4.78, 5) is 17.2. The maximum absolute atomic E-state index is 13.4. The molecule has 5 rings (SSSR count). The van der Waals surface area contributed by atoms with Gasteiger partial charge in [0.05, 0.1) is 12.6 Å². The normalized spacial score (nSPS) is 45.6. The average Bonchev–Trinajstić information content (AvgIpc) is 3.34. The first-order valence-corrected chi connectivity index (χ1v) is 11.7. The highest BCUT2D eigenvalue weighted by Gasteiger charge is 2.59. The van der Waals surface area contributed by atoms with Gasteiger partial charge in [-0.2, -0.15) is 0 Å². The lowest BCUT2D eigenvalue weighted by Gasteiger charge is -2.57. The quantitative estimate of drug-likeness (QED) is 0.739. The molecule has 0 aliphatic heterocycles. The fourth-order valence-electron chi connectivity index (χ4n) is 8.25. The molecule has 4 aliphatic carbocycles. The number of hydrogen-bond acceptors (Lipinski definition) is 4. The Morgan fingerprint density at radius 2 is 1.97 bits per heavy atom. The van der Waals surface area contributed by atoms with Crippen LogP contribution in [0.4, 0.5) is 8.78 Å². The van der Waals surface area contributed by atoms with E-state index in [0.29, 0.717) is 29.6 Å². The molecular formula is C24H33F2NO3. The van der Waals surface area contributed by atoms with Crippen LogP contribution in [0.15, 0.2) is 16.9 Å². The van der Waals surface area contributed by atoms with E-state index in [1.165, 1.54) is 6.26 Å². The lowest BCUT2D eigenvalue weighted by molar-refractivity contribution is -0.160. The summed E-state index contributed by atoms with van der Waals surface area (Å²) < 4.78 is 32.1. The number of carbonyl (C=O) groups is 1. The Balaban J connectivity index is 1.30. The minimum atomic E-state index is -2.64. The standard InChI is InChI=1S/C24H33F2NO3/c1-23-8-6-16-15-7-9-24(29,22(25)26)13-14(15)2-3-17(16)18(23)4-5-19(23)20(28)12-21-27-10-11-30-21/h10-11,14-19,22,29H,2-9,12-13H2,1H3. The highest BCUT2D eigenvalue weighted by atomic mass is 19.3. The Bertz CT molecular complexity index is 783. The summed E-state index contributed by atoms with van der Waals surface area (Å²) in [6.45, 7) is 2.32. The van der Waals surface area contributed by atoms with E-state index in [2.05, 4.69) is 11.9 Å². The zero-order valence-electron chi connectivity index (χ0n) is 17.7. The Kier molecular flexibility index (Phi) is 5.07. The van der Waals surface area contributed by atoms with Crippen molar-refractivity contribution >= 4 is 5.78 Å². The Morgan fingerprint density at radius 3 is 2.70 bits per heavy atom. The van der Waals surface area contributed by atoms with Gasteiger partial charge in [0.1, 0.15) is 17.6 Å². The highest BCUT2D eigenvalue weighted by molar-refractivity contribution is 5.83. The van der Waals surface area contributed by atoms with Crippen LogP contribution < -0.4 is 0 Å². The summed E-state index contributed by atoms with van der Waals surface area (Å²) in [6.07, 6.45) is 8.15. The van der Waals surface area contributed by atoms with Gasteiger partial charge in [-0.05, 0) is 92.8 Å². The molecule has 0 aromatic carbocycles. The lowest BCUT2D eigenvalue weighted by Crippen LogP contribution is -2.53. The molecule has 1 N–H and O–H groups in total. The van der Waals surface area contributed by atoms with Crippen molar-refractivity contribution in [3.63, 3.8) is 0 Å². The minimum Gasteiger partial charge on any atom is -0.449 e. The number of oxazole rings is 1. The maximum atomic E-state index is 13.4. The Hall–Kier alpha value is -1.30. The van der Waals surface area contributed by atoms with Gasteiger partial charge < -0.3 is 9.52 Å². The predicted molar refractivity (Wildman–Crippen MR) is 107 cm³/mol. The fourth-order valence-corrected chi connectivity index (χ4v) is 8.25. The number of carbonyl (C=O) groups excluding carboxylic acids is 1. The number of rotatable bonds is 4. The zero-order valence-corrected chi connectivity index (χ0v) is 17.7. The molecule has 1 aromatic rings. The van der Waals surface area contributed by atoms with E-state index < -0.39 is 12.0 Å². The average molecular weight is 422 g/mol. The van der Waals surface area contributed by atoms with E-state index in [1.807, 2.05) is 0 Å². The summed E-state index contributed by atoms with van der Waals surface area (Å²) in [5.74, 6) is 3.26. The van der Waals surface area contributed by atoms with Crippen molar-refractivity contribution in [3.8, 4) is 0 Å². The monoisotopic (exact) mass is 421 g/mol. The van der Waals surface area contributed by atoms with Crippen LogP contribution in [0, 0.1) is 40.9 Å². The summed E-state index contributed by atoms with van der Waals surface area (Å²) in [5, 5.41) is 10.4. The summed E-state index contributed by atoms with van der Waals surface area (Å²) in [5.41, 5.74) is -1.74. The number of nitrogens with zero attached hydrogens (tertiary/aromatic N) is 1. The number of fused-ring (bicyclic) bond motifs is 5. The second kappa shape index (κ2) is 7.39. The number of halogens is 2. The van der Waals surface area contributed by atoms with Crippen LogP contribution in [0.25, 0.3) is 0 Å². The van der Waals surface area contributed by atoms with E-state index in [9.17, 15) is 18.7 Å². The molecule has 4 saturated carbocycles. The summed E-state index contributed by atoms with van der Waals surface area (Å²) in [7, 11) is 0. The number of aliphatic hydroxyl groups is 1. The predicted octanol–water partition coefficient (Wildman–Crippen LogP) is 5.05. The number of alkyl halides is 2. The van der Waals surface area contributed by atoms with Gasteiger partial charge >= 0.3 is 0 Å². The van der Waals surface area contributed by atoms with Gasteiger partial charge in [-0.1, -0.05) is 6.92 Å². The molecule has 1 aromatic heterocycles. The van der Waals surface area contributed by atoms with Gasteiger partial charge in [-0.25, -0.2) is 13.8 Å². The van der Waals surface area contributed by atoms with Crippen molar-refractivity contribution < 1.29 is 23.1 Å². The van der Waals surface area contributed by atoms with Crippen LogP contribution in [-0.2, 0) is 11.2 Å². The molecular weight excluding hydrogens is 388 g/mol.